The highest BCUT2D eigenvalue weighted by Gasteiger charge is 2.06. The maximum atomic E-state index is 5.65. The molecule has 1 heterocycles. The van der Waals surface area contributed by atoms with Crippen LogP contribution in [-0.4, -0.2) is 24.9 Å². The van der Waals surface area contributed by atoms with Gasteiger partial charge in [-0.2, -0.15) is 5.10 Å². The van der Waals surface area contributed by atoms with Crippen molar-refractivity contribution >= 4 is 38.7 Å². The average Bonchev–Trinajstić information content (AvgIpc) is 2.63. The van der Waals surface area contributed by atoms with Crippen LogP contribution in [0.25, 0.3) is 10.9 Å². The molecule has 26 heavy (non-hydrogen) atoms. The maximum Gasteiger partial charge on any atom is 0.128 e. The van der Waals surface area contributed by atoms with Crippen molar-refractivity contribution in [3.05, 3.63) is 58.2 Å². The van der Waals surface area contributed by atoms with E-state index >= 15 is 0 Å². The molecule has 2 aromatic carbocycles. The second-order valence-electron chi connectivity index (χ2n) is 5.68. The Morgan fingerprint density at radius 2 is 2.04 bits per heavy atom. The number of aryl methyl sites for hydroxylation is 1. The van der Waals surface area contributed by atoms with Gasteiger partial charge in [0.15, 0.2) is 0 Å². The smallest absolute Gasteiger partial charge is 0.128 e. The minimum Gasteiger partial charge on any atom is -0.497 e. The van der Waals surface area contributed by atoms with Crippen molar-refractivity contribution in [2.24, 2.45) is 5.10 Å². The Morgan fingerprint density at radius 3 is 2.81 bits per heavy atom. The molecule has 5 nitrogen and oxygen atoms in total. The minimum absolute atomic E-state index is 0.601. The van der Waals surface area contributed by atoms with Crippen molar-refractivity contribution in [1.82, 2.24) is 4.98 Å². The monoisotopic (exact) mass is 413 g/mol. The van der Waals surface area contributed by atoms with Crippen LogP contribution in [-0.2, 0) is 0 Å². The summed E-state index contributed by atoms with van der Waals surface area (Å²) in [5.41, 5.74) is 6.69. The summed E-state index contributed by atoms with van der Waals surface area (Å²) in [5.74, 6) is 1.57. The van der Waals surface area contributed by atoms with E-state index in [-0.39, 0.29) is 0 Å². The van der Waals surface area contributed by atoms with Crippen LogP contribution in [0.4, 0.5) is 5.69 Å². The summed E-state index contributed by atoms with van der Waals surface area (Å²) in [6.07, 6.45) is 1.75. The van der Waals surface area contributed by atoms with Gasteiger partial charge >= 0.3 is 0 Å². The Hall–Kier alpha value is -2.60. The Bertz CT molecular complexity index is 957. The number of hydrazone groups is 1. The fraction of sp³-hybridized carbons (Fsp3) is 0.200. The van der Waals surface area contributed by atoms with Gasteiger partial charge in [-0.3, -0.25) is 10.4 Å². The lowest BCUT2D eigenvalue weighted by Gasteiger charge is -2.10. The highest BCUT2D eigenvalue weighted by molar-refractivity contribution is 9.10. The topological polar surface area (TPSA) is 55.7 Å². The van der Waals surface area contributed by atoms with Crippen LogP contribution in [0.2, 0.25) is 0 Å². The van der Waals surface area contributed by atoms with E-state index in [9.17, 15) is 0 Å². The molecule has 6 heteroatoms. The lowest BCUT2D eigenvalue weighted by molar-refractivity contribution is 0.339. The lowest BCUT2D eigenvalue weighted by Crippen LogP contribution is -1.98. The van der Waals surface area contributed by atoms with Crippen molar-refractivity contribution < 1.29 is 9.47 Å². The zero-order chi connectivity index (χ0) is 18.5. The number of halogens is 1. The summed E-state index contributed by atoms with van der Waals surface area (Å²) in [7, 11) is 1.65. The molecular formula is C20H20BrN3O2. The van der Waals surface area contributed by atoms with Crippen LogP contribution in [0.3, 0.4) is 0 Å². The summed E-state index contributed by atoms with van der Waals surface area (Å²) in [5, 5.41) is 5.35. The predicted octanol–water partition coefficient (Wildman–Crippen LogP) is 5.16. The molecule has 0 atom stereocenters. The van der Waals surface area contributed by atoms with Gasteiger partial charge in [0.25, 0.3) is 0 Å². The van der Waals surface area contributed by atoms with Gasteiger partial charge in [0, 0.05) is 21.1 Å². The van der Waals surface area contributed by atoms with Crippen LogP contribution in [0, 0.1) is 6.92 Å². The van der Waals surface area contributed by atoms with Crippen molar-refractivity contribution in [2.75, 3.05) is 19.1 Å². The molecule has 0 amide bonds. The molecule has 1 N–H and O–H groups in total. The molecule has 134 valence electrons. The molecule has 0 bridgehead atoms. The number of pyridine rings is 1. The van der Waals surface area contributed by atoms with E-state index in [0.717, 1.165) is 43.8 Å². The third-order valence-electron chi connectivity index (χ3n) is 3.80. The summed E-state index contributed by atoms with van der Waals surface area (Å²) in [4.78, 5) is 4.55. The third-order valence-corrected chi connectivity index (χ3v) is 4.30. The number of nitrogens with one attached hydrogen (secondary N) is 1. The first-order valence-electron chi connectivity index (χ1n) is 8.27. The molecular weight excluding hydrogens is 394 g/mol. The average molecular weight is 414 g/mol. The van der Waals surface area contributed by atoms with Gasteiger partial charge in [0.1, 0.15) is 11.5 Å². The Balaban J connectivity index is 1.92. The SMILES string of the molecule is CCOc1ccc(Br)cc1/C=N/Nc1cc(C)nc2ccc(OC)cc12. The number of hydrogen-bond acceptors (Lipinski definition) is 5. The number of fused-ring (bicyclic) bond motifs is 1. The number of rotatable bonds is 6. The van der Waals surface area contributed by atoms with Gasteiger partial charge in [0.2, 0.25) is 0 Å². The maximum absolute atomic E-state index is 5.65. The quantitative estimate of drug-likeness (QED) is 0.447. The van der Waals surface area contributed by atoms with E-state index in [1.165, 1.54) is 0 Å². The van der Waals surface area contributed by atoms with Gasteiger partial charge in [-0.15, -0.1) is 0 Å². The van der Waals surface area contributed by atoms with Crippen molar-refractivity contribution in [2.45, 2.75) is 13.8 Å². The van der Waals surface area contributed by atoms with Crippen molar-refractivity contribution in [3.63, 3.8) is 0 Å². The number of nitrogens with zero attached hydrogens (tertiary/aromatic N) is 2. The summed E-state index contributed by atoms with van der Waals surface area (Å²) in [6, 6.07) is 13.6. The van der Waals surface area contributed by atoms with E-state index in [1.54, 1.807) is 13.3 Å². The fourth-order valence-corrected chi connectivity index (χ4v) is 3.01. The predicted molar refractivity (Wildman–Crippen MR) is 110 cm³/mol. The van der Waals surface area contributed by atoms with Crippen molar-refractivity contribution in [1.29, 1.82) is 0 Å². The number of anilines is 1. The summed E-state index contributed by atoms with van der Waals surface area (Å²) >= 11 is 3.48. The summed E-state index contributed by atoms with van der Waals surface area (Å²) < 4.78 is 11.9. The highest BCUT2D eigenvalue weighted by Crippen LogP contribution is 2.27. The molecule has 0 aliphatic rings. The largest absolute Gasteiger partial charge is 0.497 e. The van der Waals surface area contributed by atoms with Crippen LogP contribution >= 0.6 is 15.9 Å². The van der Waals surface area contributed by atoms with Crippen LogP contribution in [0.5, 0.6) is 11.5 Å². The van der Waals surface area contributed by atoms with E-state index in [0.29, 0.717) is 6.61 Å². The first-order valence-corrected chi connectivity index (χ1v) is 9.07. The molecule has 0 aliphatic carbocycles. The molecule has 0 fully saturated rings. The van der Waals surface area contributed by atoms with Crippen LogP contribution in [0.15, 0.2) is 52.0 Å². The summed E-state index contributed by atoms with van der Waals surface area (Å²) in [6.45, 7) is 4.52. The Kier molecular flexibility index (Phi) is 5.73. The molecule has 3 rings (SSSR count). The molecule has 0 saturated heterocycles. The van der Waals surface area contributed by atoms with Crippen LogP contribution in [0.1, 0.15) is 18.2 Å². The number of benzene rings is 2. The normalized spacial score (nSPS) is 11.1. The van der Waals surface area contributed by atoms with Gasteiger partial charge in [-0.25, -0.2) is 0 Å². The molecule has 0 aliphatic heterocycles. The van der Waals surface area contributed by atoms with Gasteiger partial charge in [0.05, 0.1) is 31.1 Å². The fourth-order valence-electron chi connectivity index (χ4n) is 2.64. The Morgan fingerprint density at radius 1 is 1.19 bits per heavy atom. The first-order chi connectivity index (χ1) is 12.6. The second-order valence-corrected chi connectivity index (χ2v) is 6.60. The standard InChI is InChI=1S/C20H20BrN3O2/c1-4-26-20-8-5-15(21)10-14(20)12-22-24-19-9-13(2)23-18-7-6-16(25-3)11-17(18)19/h5-12H,4H2,1-3H3,(H,23,24)/b22-12+. The molecule has 0 spiro atoms. The molecule has 1 aromatic heterocycles. The van der Waals surface area contributed by atoms with E-state index in [4.69, 9.17) is 9.47 Å². The third kappa shape index (κ3) is 4.14. The first kappa shape index (κ1) is 18.2. The van der Waals surface area contributed by atoms with E-state index in [2.05, 4.69) is 31.4 Å². The van der Waals surface area contributed by atoms with Crippen LogP contribution < -0.4 is 14.9 Å². The lowest BCUT2D eigenvalue weighted by atomic mass is 10.1. The zero-order valence-corrected chi connectivity index (χ0v) is 16.5. The highest BCUT2D eigenvalue weighted by atomic mass is 79.9. The number of methoxy groups -OCH3 is 1. The molecule has 3 aromatic rings. The van der Waals surface area contributed by atoms with Crippen molar-refractivity contribution in [3.8, 4) is 11.5 Å². The van der Waals surface area contributed by atoms with Gasteiger partial charge in [-0.05, 0) is 56.3 Å². The molecule has 0 radical (unpaired) electrons. The van der Waals surface area contributed by atoms with E-state index < -0.39 is 0 Å². The van der Waals surface area contributed by atoms with E-state index in [1.807, 2.05) is 56.3 Å². The minimum atomic E-state index is 0.601. The second kappa shape index (κ2) is 8.19. The number of ether oxygens (including phenoxy) is 2. The number of aromatic nitrogens is 1. The van der Waals surface area contributed by atoms with Gasteiger partial charge < -0.3 is 9.47 Å². The number of hydrogen-bond donors (Lipinski definition) is 1. The van der Waals surface area contributed by atoms with Gasteiger partial charge in [-0.1, -0.05) is 15.9 Å². The zero-order valence-electron chi connectivity index (χ0n) is 14.9. The Labute approximate surface area is 161 Å². The molecule has 0 saturated carbocycles. The molecule has 0 unspecified atom stereocenters.